The third-order valence-electron chi connectivity index (χ3n) is 3.62. The highest BCUT2D eigenvalue weighted by Crippen LogP contribution is 2.24. The van der Waals surface area contributed by atoms with Crippen LogP contribution in [-0.2, 0) is 9.53 Å². The summed E-state index contributed by atoms with van der Waals surface area (Å²) < 4.78 is 4.86. The molecule has 2 rings (SSSR count). The number of methoxy groups -OCH3 is 1. The van der Waals surface area contributed by atoms with Crippen molar-refractivity contribution in [1.29, 1.82) is 0 Å². The summed E-state index contributed by atoms with van der Waals surface area (Å²) in [5, 5.41) is 5.38. The molecule has 1 aromatic rings. The Morgan fingerprint density at radius 3 is 2.64 bits per heavy atom. The molecule has 6 heteroatoms. The third kappa shape index (κ3) is 3.98. The van der Waals surface area contributed by atoms with E-state index in [1.807, 2.05) is 26.0 Å². The topological polar surface area (TPSA) is 70.7 Å². The van der Waals surface area contributed by atoms with Gasteiger partial charge in [0.15, 0.2) is 0 Å². The molecule has 2 N–H and O–H groups in total. The molecule has 22 heavy (non-hydrogen) atoms. The van der Waals surface area contributed by atoms with Crippen LogP contribution in [0.25, 0.3) is 0 Å². The van der Waals surface area contributed by atoms with Gasteiger partial charge in [-0.15, -0.1) is 0 Å². The van der Waals surface area contributed by atoms with Crippen LogP contribution in [0.15, 0.2) is 18.2 Å². The highest BCUT2D eigenvalue weighted by molar-refractivity contribution is 6.01. The van der Waals surface area contributed by atoms with E-state index in [9.17, 15) is 9.59 Å². The van der Waals surface area contributed by atoms with Crippen LogP contribution in [0.3, 0.4) is 0 Å². The second kappa shape index (κ2) is 7.26. The number of ether oxygens (including phenoxy) is 1. The maximum absolute atomic E-state index is 12.5. The number of hydrogen-bond acceptors (Lipinski definition) is 3. The monoisotopic (exact) mass is 305 g/mol. The molecule has 3 amide bonds. The number of hydrogen-bond donors (Lipinski definition) is 2. The molecule has 0 unspecified atom stereocenters. The van der Waals surface area contributed by atoms with Gasteiger partial charge in [-0.25, -0.2) is 4.79 Å². The minimum Gasteiger partial charge on any atom is -0.383 e. The second-order valence-electron chi connectivity index (χ2n) is 5.57. The molecule has 0 bridgehead atoms. The van der Waals surface area contributed by atoms with E-state index in [0.29, 0.717) is 26.1 Å². The predicted molar refractivity (Wildman–Crippen MR) is 85.1 cm³/mol. The number of carbonyl (C=O) groups is 2. The Labute approximate surface area is 130 Å². The molecule has 1 aliphatic heterocycles. The first-order valence-corrected chi connectivity index (χ1v) is 7.44. The minimum absolute atomic E-state index is 0.0631. The van der Waals surface area contributed by atoms with E-state index >= 15 is 0 Å². The molecule has 0 radical (unpaired) electrons. The van der Waals surface area contributed by atoms with E-state index in [0.717, 1.165) is 16.8 Å². The largest absolute Gasteiger partial charge is 0.383 e. The first-order chi connectivity index (χ1) is 10.5. The number of carbonyl (C=O) groups excluding carboxylic acids is 2. The summed E-state index contributed by atoms with van der Waals surface area (Å²) in [6.45, 7) is 5.50. The average Bonchev–Trinajstić information content (AvgIpc) is 2.79. The number of benzene rings is 1. The number of anilines is 1. The van der Waals surface area contributed by atoms with E-state index in [4.69, 9.17) is 4.74 Å². The molecule has 120 valence electrons. The van der Waals surface area contributed by atoms with Crippen LogP contribution in [0.5, 0.6) is 0 Å². The van der Waals surface area contributed by atoms with Crippen molar-refractivity contribution in [2.75, 3.05) is 31.7 Å². The summed E-state index contributed by atoms with van der Waals surface area (Å²) in [6, 6.07) is 5.25. The highest BCUT2D eigenvalue weighted by Gasteiger charge is 2.33. The first kappa shape index (κ1) is 16.3. The van der Waals surface area contributed by atoms with Crippen molar-refractivity contribution in [3.05, 3.63) is 29.3 Å². The van der Waals surface area contributed by atoms with Crippen molar-refractivity contribution >= 4 is 17.6 Å². The van der Waals surface area contributed by atoms with Gasteiger partial charge in [-0.05, 0) is 43.5 Å². The Morgan fingerprint density at radius 2 is 2.00 bits per heavy atom. The van der Waals surface area contributed by atoms with Crippen LogP contribution in [0.4, 0.5) is 10.5 Å². The lowest BCUT2D eigenvalue weighted by Gasteiger charge is -2.18. The molecule has 1 aliphatic rings. The summed E-state index contributed by atoms with van der Waals surface area (Å²) in [5.74, 6) is -0.0631. The normalized spacial score (nSPS) is 17.7. The van der Waals surface area contributed by atoms with Gasteiger partial charge in [0.25, 0.3) is 0 Å². The Morgan fingerprint density at radius 1 is 1.32 bits per heavy atom. The fraction of sp³-hybridized carbons (Fsp3) is 0.500. The molecule has 0 spiro atoms. The van der Waals surface area contributed by atoms with Gasteiger partial charge in [-0.2, -0.15) is 0 Å². The van der Waals surface area contributed by atoms with Crippen LogP contribution in [0.1, 0.15) is 17.5 Å². The van der Waals surface area contributed by atoms with Gasteiger partial charge in [0.1, 0.15) is 6.04 Å². The predicted octanol–water partition coefficient (Wildman–Crippen LogP) is 1.35. The van der Waals surface area contributed by atoms with E-state index < -0.39 is 6.04 Å². The lowest BCUT2D eigenvalue weighted by molar-refractivity contribution is -0.118. The number of aryl methyl sites for hydroxylation is 2. The Kier molecular flexibility index (Phi) is 5.38. The number of nitrogens with one attached hydrogen (secondary N) is 2. The van der Waals surface area contributed by atoms with Gasteiger partial charge in [-0.1, -0.05) is 6.07 Å². The molecule has 1 saturated heterocycles. The van der Waals surface area contributed by atoms with Crippen LogP contribution in [0.2, 0.25) is 0 Å². The summed E-state index contributed by atoms with van der Waals surface area (Å²) in [5.41, 5.74) is 3.14. The molecular weight excluding hydrogens is 282 g/mol. The number of nitrogens with zero attached hydrogens (tertiary/aromatic N) is 1. The molecule has 1 heterocycles. The van der Waals surface area contributed by atoms with Gasteiger partial charge in [0.2, 0.25) is 5.91 Å². The lowest BCUT2D eigenvalue weighted by Crippen LogP contribution is -2.46. The molecule has 1 fully saturated rings. The van der Waals surface area contributed by atoms with Crippen molar-refractivity contribution in [2.24, 2.45) is 0 Å². The van der Waals surface area contributed by atoms with Crippen LogP contribution in [-0.4, -0.2) is 44.8 Å². The van der Waals surface area contributed by atoms with Crippen LogP contribution < -0.4 is 15.5 Å². The molecular formula is C16H23N3O3. The average molecular weight is 305 g/mol. The first-order valence-electron chi connectivity index (χ1n) is 7.44. The van der Waals surface area contributed by atoms with Crippen molar-refractivity contribution < 1.29 is 14.3 Å². The molecule has 6 nitrogen and oxygen atoms in total. The summed E-state index contributed by atoms with van der Waals surface area (Å²) in [4.78, 5) is 25.9. The van der Waals surface area contributed by atoms with Crippen molar-refractivity contribution in [3.8, 4) is 0 Å². The molecule has 0 aliphatic carbocycles. The maximum atomic E-state index is 12.5. The molecule has 0 aromatic heterocycles. The van der Waals surface area contributed by atoms with Gasteiger partial charge in [0, 0.05) is 25.9 Å². The molecule has 0 saturated carbocycles. The zero-order chi connectivity index (χ0) is 16.1. The smallest absolute Gasteiger partial charge is 0.315 e. The van der Waals surface area contributed by atoms with E-state index in [1.54, 1.807) is 12.0 Å². The quantitative estimate of drug-likeness (QED) is 0.807. The van der Waals surface area contributed by atoms with Gasteiger partial charge in [-0.3, -0.25) is 4.79 Å². The van der Waals surface area contributed by atoms with E-state index in [2.05, 4.69) is 16.7 Å². The zero-order valence-electron chi connectivity index (χ0n) is 13.3. The van der Waals surface area contributed by atoms with Crippen LogP contribution in [0, 0.1) is 13.8 Å². The van der Waals surface area contributed by atoms with Crippen molar-refractivity contribution in [2.45, 2.75) is 26.3 Å². The minimum atomic E-state index is -0.469. The van der Waals surface area contributed by atoms with Crippen molar-refractivity contribution in [1.82, 2.24) is 10.6 Å². The highest BCUT2D eigenvalue weighted by atomic mass is 16.5. The van der Waals surface area contributed by atoms with E-state index in [-0.39, 0.29) is 11.9 Å². The summed E-state index contributed by atoms with van der Waals surface area (Å²) >= 11 is 0. The van der Waals surface area contributed by atoms with Gasteiger partial charge in [0.05, 0.1) is 6.61 Å². The lowest BCUT2D eigenvalue weighted by atomic mass is 10.1. The number of rotatable bonds is 5. The summed E-state index contributed by atoms with van der Waals surface area (Å²) in [6.07, 6.45) is 0.615. The van der Waals surface area contributed by atoms with Gasteiger partial charge >= 0.3 is 6.03 Å². The number of amides is 3. The maximum Gasteiger partial charge on any atom is 0.315 e. The Balaban J connectivity index is 1.96. The molecule has 1 atom stereocenters. The number of urea groups is 1. The fourth-order valence-electron chi connectivity index (χ4n) is 2.65. The van der Waals surface area contributed by atoms with E-state index in [1.165, 1.54) is 0 Å². The second-order valence-corrected chi connectivity index (χ2v) is 5.57. The SMILES string of the molecule is COCCNC(=O)N[C@@H]1CCN(c2cc(C)cc(C)c2)C1=O. The Bertz CT molecular complexity index is 539. The zero-order valence-corrected chi connectivity index (χ0v) is 13.3. The fourth-order valence-corrected chi connectivity index (χ4v) is 2.65. The summed E-state index contributed by atoms with van der Waals surface area (Å²) in [7, 11) is 1.57. The van der Waals surface area contributed by atoms with Gasteiger partial charge < -0.3 is 20.3 Å². The standard InChI is InChI=1S/C16H23N3O3/c1-11-8-12(2)10-13(9-11)19-6-4-14(15(19)20)18-16(21)17-5-7-22-3/h8-10,14H,4-7H2,1-3H3,(H2,17,18,21)/t14-/m1/s1. The third-order valence-corrected chi connectivity index (χ3v) is 3.62. The molecule has 1 aromatic carbocycles. The Hall–Kier alpha value is -2.08. The van der Waals surface area contributed by atoms with Crippen molar-refractivity contribution in [3.63, 3.8) is 0 Å². The van der Waals surface area contributed by atoms with Crippen LogP contribution >= 0.6 is 0 Å².